The van der Waals surface area contributed by atoms with E-state index in [2.05, 4.69) is 27.8 Å². The van der Waals surface area contributed by atoms with Crippen LogP contribution in [0.3, 0.4) is 0 Å². The van der Waals surface area contributed by atoms with Gasteiger partial charge < -0.3 is 15.2 Å². The zero-order chi connectivity index (χ0) is 24.4. The molecule has 2 amide bonds. The third-order valence-electron chi connectivity index (χ3n) is 6.42. The van der Waals surface area contributed by atoms with E-state index in [1.807, 2.05) is 36.4 Å². The lowest BCUT2D eigenvalue weighted by Gasteiger charge is -2.15. The minimum Gasteiger partial charge on any atom is -0.480 e. The van der Waals surface area contributed by atoms with Gasteiger partial charge in [-0.1, -0.05) is 67.4 Å². The maximum absolute atomic E-state index is 12.6. The molecule has 1 heterocycles. The largest absolute Gasteiger partial charge is 0.480 e. The van der Waals surface area contributed by atoms with Gasteiger partial charge in [-0.3, -0.25) is 10.1 Å². The minimum atomic E-state index is -1.07. The Kier molecular flexibility index (Phi) is 6.18. The Labute approximate surface area is 202 Å². The van der Waals surface area contributed by atoms with Gasteiger partial charge in [-0.05, 0) is 46.7 Å². The fourth-order valence-electron chi connectivity index (χ4n) is 4.51. The number of benzene rings is 2. The summed E-state index contributed by atoms with van der Waals surface area (Å²) in [6, 6.07) is 19.7. The normalized spacial score (nSPS) is 15.0. The third-order valence-corrected chi connectivity index (χ3v) is 6.42. The second kappa shape index (κ2) is 9.58. The van der Waals surface area contributed by atoms with Gasteiger partial charge in [-0.2, -0.15) is 0 Å². The van der Waals surface area contributed by atoms with E-state index in [0.717, 1.165) is 35.1 Å². The zero-order valence-electron chi connectivity index (χ0n) is 18.9. The van der Waals surface area contributed by atoms with Gasteiger partial charge in [0.25, 0.3) is 5.91 Å². The molecule has 1 atom stereocenters. The molecule has 0 radical (unpaired) electrons. The summed E-state index contributed by atoms with van der Waals surface area (Å²) in [6.45, 7) is 0.154. The molecule has 0 bridgehead atoms. The van der Waals surface area contributed by atoms with E-state index in [1.165, 1.54) is 12.1 Å². The highest BCUT2D eigenvalue weighted by molar-refractivity contribution is 5.95. The first-order valence-electron chi connectivity index (χ1n) is 11.6. The molecule has 1 fully saturated rings. The van der Waals surface area contributed by atoms with Crippen LogP contribution in [0.1, 0.15) is 46.8 Å². The number of rotatable bonds is 8. The quantitative estimate of drug-likeness (QED) is 0.448. The van der Waals surface area contributed by atoms with Crippen molar-refractivity contribution in [3.05, 3.63) is 83.6 Å². The molecule has 178 valence electrons. The summed E-state index contributed by atoms with van der Waals surface area (Å²) >= 11 is 0. The molecular formula is C27H25N3O5. The van der Waals surface area contributed by atoms with E-state index in [1.54, 1.807) is 6.07 Å². The fourth-order valence-corrected chi connectivity index (χ4v) is 4.51. The van der Waals surface area contributed by atoms with Gasteiger partial charge in [0.15, 0.2) is 0 Å². The first-order valence-corrected chi connectivity index (χ1v) is 11.6. The standard InChI is InChI=1S/C27H25N3O5/c31-25(29-23(26(32)33)14-16-12-13-16)22-10-5-11-24(28-22)30-27(34)35-15-21-19-8-3-1-6-17(19)18-7-2-4-9-20(18)21/h1-11,16,21,23H,12-15H2,(H,29,31)(H,32,33)(H,28,30,34). The number of hydrogen-bond donors (Lipinski definition) is 3. The Morgan fingerprint density at radius 3 is 2.23 bits per heavy atom. The molecule has 2 aliphatic rings. The summed E-state index contributed by atoms with van der Waals surface area (Å²) in [4.78, 5) is 40.7. The summed E-state index contributed by atoms with van der Waals surface area (Å²) in [5.41, 5.74) is 4.51. The molecule has 1 aromatic heterocycles. The van der Waals surface area contributed by atoms with Gasteiger partial charge in [0.1, 0.15) is 24.2 Å². The van der Waals surface area contributed by atoms with Crippen molar-refractivity contribution in [1.29, 1.82) is 0 Å². The highest BCUT2D eigenvalue weighted by atomic mass is 16.5. The first-order chi connectivity index (χ1) is 17.0. The lowest BCUT2D eigenvalue weighted by atomic mass is 9.98. The van der Waals surface area contributed by atoms with Crippen molar-refractivity contribution in [3.63, 3.8) is 0 Å². The van der Waals surface area contributed by atoms with Crippen LogP contribution in [0.5, 0.6) is 0 Å². The maximum Gasteiger partial charge on any atom is 0.412 e. The van der Waals surface area contributed by atoms with Crippen molar-refractivity contribution in [2.45, 2.75) is 31.2 Å². The number of carbonyl (C=O) groups is 3. The Balaban J connectivity index is 1.21. The molecule has 3 N–H and O–H groups in total. The van der Waals surface area contributed by atoms with Crippen LogP contribution in [0.25, 0.3) is 11.1 Å². The molecule has 8 nitrogen and oxygen atoms in total. The molecular weight excluding hydrogens is 446 g/mol. The Morgan fingerprint density at radius 2 is 1.60 bits per heavy atom. The first kappa shape index (κ1) is 22.6. The van der Waals surface area contributed by atoms with Crippen molar-refractivity contribution in [2.75, 3.05) is 11.9 Å². The van der Waals surface area contributed by atoms with Gasteiger partial charge in [0.05, 0.1) is 0 Å². The predicted octanol–water partition coefficient (Wildman–Crippen LogP) is 4.43. The van der Waals surface area contributed by atoms with Crippen molar-refractivity contribution >= 4 is 23.8 Å². The minimum absolute atomic E-state index is 0.0171. The molecule has 0 saturated heterocycles. The zero-order valence-corrected chi connectivity index (χ0v) is 18.9. The van der Waals surface area contributed by atoms with Crippen LogP contribution in [-0.2, 0) is 9.53 Å². The number of pyridine rings is 1. The van der Waals surface area contributed by atoms with Crippen molar-refractivity contribution < 1.29 is 24.2 Å². The summed E-state index contributed by atoms with van der Waals surface area (Å²) in [6.07, 6.45) is 1.68. The second-order valence-corrected chi connectivity index (χ2v) is 8.90. The molecule has 2 aliphatic carbocycles. The molecule has 0 spiro atoms. The smallest absolute Gasteiger partial charge is 0.412 e. The molecule has 1 unspecified atom stereocenters. The van der Waals surface area contributed by atoms with Gasteiger partial charge in [0, 0.05) is 5.92 Å². The van der Waals surface area contributed by atoms with Crippen LogP contribution in [0, 0.1) is 5.92 Å². The highest BCUT2D eigenvalue weighted by Gasteiger charge is 2.31. The summed E-state index contributed by atoms with van der Waals surface area (Å²) < 4.78 is 5.52. The van der Waals surface area contributed by atoms with E-state index in [9.17, 15) is 19.5 Å². The molecule has 35 heavy (non-hydrogen) atoms. The predicted molar refractivity (Wildman–Crippen MR) is 129 cm³/mol. The summed E-state index contributed by atoms with van der Waals surface area (Å²) in [5, 5.41) is 14.5. The third kappa shape index (κ3) is 5.01. The van der Waals surface area contributed by atoms with Crippen molar-refractivity contribution in [2.24, 2.45) is 5.92 Å². The van der Waals surface area contributed by atoms with Crippen LogP contribution in [-0.4, -0.2) is 40.7 Å². The lowest BCUT2D eigenvalue weighted by molar-refractivity contribution is -0.139. The maximum atomic E-state index is 12.6. The van der Waals surface area contributed by atoms with Crippen LogP contribution in [0.2, 0.25) is 0 Å². The highest BCUT2D eigenvalue weighted by Crippen LogP contribution is 2.44. The number of carboxylic acids is 1. The number of anilines is 1. The monoisotopic (exact) mass is 471 g/mol. The molecule has 0 aliphatic heterocycles. The number of carboxylic acid groups (broad SMARTS) is 1. The summed E-state index contributed by atoms with van der Waals surface area (Å²) in [5.74, 6) is -1.26. The van der Waals surface area contributed by atoms with Crippen LogP contribution in [0.4, 0.5) is 10.6 Å². The number of hydrogen-bond acceptors (Lipinski definition) is 5. The van der Waals surface area contributed by atoms with Gasteiger partial charge >= 0.3 is 12.1 Å². The number of fused-ring (bicyclic) bond motifs is 3. The number of aromatic nitrogens is 1. The van der Waals surface area contributed by atoms with E-state index >= 15 is 0 Å². The average Bonchev–Trinajstić information content (AvgIpc) is 3.63. The number of carbonyl (C=O) groups excluding carboxylic acids is 2. The van der Waals surface area contributed by atoms with E-state index < -0.39 is 24.0 Å². The van der Waals surface area contributed by atoms with Crippen LogP contribution >= 0.6 is 0 Å². The number of nitrogens with one attached hydrogen (secondary N) is 2. The molecule has 3 aromatic rings. The number of ether oxygens (including phenoxy) is 1. The Bertz CT molecular complexity index is 1240. The average molecular weight is 472 g/mol. The van der Waals surface area contributed by atoms with Crippen LogP contribution in [0.15, 0.2) is 66.7 Å². The van der Waals surface area contributed by atoms with Crippen molar-refractivity contribution in [3.8, 4) is 11.1 Å². The fraction of sp³-hybridized carbons (Fsp3) is 0.259. The van der Waals surface area contributed by atoms with Gasteiger partial charge in [0.2, 0.25) is 0 Å². The SMILES string of the molecule is O=C(Nc1cccc(C(=O)NC(CC2CC2)C(=O)O)n1)OCC1c2ccccc2-c2ccccc21. The van der Waals surface area contributed by atoms with E-state index in [4.69, 9.17) is 4.74 Å². The number of aliphatic carboxylic acids is 1. The van der Waals surface area contributed by atoms with E-state index in [0.29, 0.717) is 12.3 Å². The number of nitrogens with zero attached hydrogens (tertiary/aromatic N) is 1. The summed E-state index contributed by atoms with van der Waals surface area (Å²) in [7, 11) is 0. The topological polar surface area (TPSA) is 118 Å². The van der Waals surface area contributed by atoms with Crippen molar-refractivity contribution in [1.82, 2.24) is 10.3 Å². The lowest BCUT2D eigenvalue weighted by Crippen LogP contribution is -2.41. The Morgan fingerprint density at radius 1 is 0.943 bits per heavy atom. The Hall–Kier alpha value is -4.20. The van der Waals surface area contributed by atoms with Gasteiger partial charge in [-0.25, -0.2) is 14.6 Å². The van der Waals surface area contributed by atoms with Crippen LogP contribution < -0.4 is 10.6 Å². The number of amides is 2. The van der Waals surface area contributed by atoms with Gasteiger partial charge in [-0.15, -0.1) is 0 Å². The van der Waals surface area contributed by atoms with E-state index in [-0.39, 0.29) is 24.0 Å². The second-order valence-electron chi connectivity index (χ2n) is 8.90. The molecule has 5 rings (SSSR count). The molecule has 8 heteroatoms. The molecule has 2 aromatic carbocycles. The molecule has 1 saturated carbocycles.